The van der Waals surface area contributed by atoms with Gasteiger partial charge in [-0.25, -0.2) is 9.97 Å². The lowest BCUT2D eigenvalue weighted by molar-refractivity contribution is 0.409. The zero-order valence-corrected chi connectivity index (χ0v) is 11.1. The van der Waals surface area contributed by atoms with Gasteiger partial charge in [0.2, 0.25) is 0 Å². The number of aromatic nitrogens is 2. The Morgan fingerprint density at radius 2 is 2.05 bits per heavy atom. The van der Waals surface area contributed by atoms with Crippen LogP contribution in [-0.4, -0.2) is 27.7 Å². The molecule has 0 bridgehead atoms. The van der Waals surface area contributed by atoms with Gasteiger partial charge in [-0.05, 0) is 31.5 Å². The van der Waals surface area contributed by atoms with E-state index in [1.54, 1.807) is 36.7 Å². The number of phenolic OH excluding ortho intramolecular Hbond substituents is 1. The van der Waals surface area contributed by atoms with Gasteiger partial charge in [0.05, 0.1) is 12.4 Å². The third-order valence-electron chi connectivity index (χ3n) is 3.37. The van der Waals surface area contributed by atoms with Crippen molar-refractivity contribution in [2.24, 2.45) is 0 Å². The van der Waals surface area contributed by atoms with E-state index in [9.17, 15) is 5.11 Å². The molecule has 1 aliphatic heterocycles. The van der Waals surface area contributed by atoms with E-state index >= 15 is 0 Å². The molecule has 2 heterocycles. The molecule has 3 rings (SSSR count). The van der Waals surface area contributed by atoms with Crippen LogP contribution in [0.5, 0.6) is 17.2 Å². The van der Waals surface area contributed by atoms with Gasteiger partial charge in [-0.15, -0.1) is 0 Å². The van der Waals surface area contributed by atoms with Crippen LogP contribution in [0.25, 0.3) is 0 Å². The quantitative estimate of drug-likeness (QED) is 0.893. The van der Waals surface area contributed by atoms with E-state index in [2.05, 4.69) is 15.3 Å². The van der Waals surface area contributed by atoms with E-state index in [1.807, 2.05) is 0 Å². The second kappa shape index (κ2) is 5.88. The molecule has 1 atom stereocenters. The van der Waals surface area contributed by atoms with Gasteiger partial charge >= 0.3 is 0 Å². The summed E-state index contributed by atoms with van der Waals surface area (Å²) >= 11 is 0. The van der Waals surface area contributed by atoms with Crippen molar-refractivity contribution < 1.29 is 9.84 Å². The third kappa shape index (κ3) is 3.05. The highest BCUT2D eigenvalue weighted by atomic mass is 16.5. The number of phenols is 1. The van der Waals surface area contributed by atoms with Gasteiger partial charge in [-0.2, -0.15) is 0 Å². The molecule has 2 aromatic rings. The smallest absolute Gasteiger partial charge is 0.169 e. The first-order valence-corrected chi connectivity index (χ1v) is 6.81. The van der Waals surface area contributed by atoms with Gasteiger partial charge in [-0.3, -0.25) is 0 Å². The average Bonchev–Trinajstić information content (AvgIpc) is 2.96. The molecule has 1 aliphatic rings. The van der Waals surface area contributed by atoms with Crippen molar-refractivity contribution in [1.82, 2.24) is 15.3 Å². The molecule has 0 aliphatic carbocycles. The van der Waals surface area contributed by atoms with E-state index in [4.69, 9.17) is 4.74 Å². The highest BCUT2D eigenvalue weighted by Crippen LogP contribution is 2.29. The minimum absolute atomic E-state index is 0.103. The summed E-state index contributed by atoms with van der Waals surface area (Å²) in [5, 5.41) is 13.1. The van der Waals surface area contributed by atoms with Crippen molar-refractivity contribution in [1.29, 1.82) is 0 Å². The number of hydrogen-bond acceptors (Lipinski definition) is 5. The molecule has 1 fully saturated rings. The summed E-state index contributed by atoms with van der Waals surface area (Å²) in [4.78, 5) is 8.62. The molecule has 0 spiro atoms. The minimum Gasteiger partial charge on any atom is -0.504 e. The Morgan fingerprint density at radius 1 is 1.25 bits per heavy atom. The molecule has 5 nitrogen and oxygen atoms in total. The van der Waals surface area contributed by atoms with Crippen molar-refractivity contribution in [2.45, 2.75) is 25.3 Å². The lowest BCUT2D eigenvalue weighted by Crippen LogP contribution is -2.24. The van der Waals surface area contributed by atoms with Gasteiger partial charge in [0.25, 0.3) is 0 Å². The summed E-state index contributed by atoms with van der Waals surface area (Å²) in [5.41, 5.74) is 0. The first kappa shape index (κ1) is 12.9. The Hall–Kier alpha value is -2.14. The van der Waals surface area contributed by atoms with E-state index < -0.39 is 0 Å². The molecule has 5 heteroatoms. The topological polar surface area (TPSA) is 67.3 Å². The zero-order chi connectivity index (χ0) is 13.8. The van der Waals surface area contributed by atoms with Crippen molar-refractivity contribution in [3.63, 3.8) is 0 Å². The van der Waals surface area contributed by atoms with Crippen LogP contribution >= 0.6 is 0 Å². The second-order valence-corrected chi connectivity index (χ2v) is 4.90. The summed E-state index contributed by atoms with van der Waals surface area (Å²) in [6.45, 7) is 1.08. The van der Waals surface area contributed by atoms with Crippen molar-refractivity contribution in [2.75, 3.05) is 6.54 Å². The van der Waals surface area contributed by atoms with Crippen LogP contribution in [0.3, 0.4) is 0 Å². The highest BCUT2D eigenvalue weighted by molar-refractivity contribution is 5.40. The molecule has 1 aromatic carbocycles. The average molecular weight is 271 g/mol. The van der Waals surface area contributed by atoms with Crippen LogP contribution in [-0.2, 0) is 6.42 Å². The number of rotatable bonds is 4. The van der Waals surface area contributed by atoms with Gasteiger partial charge in [0.15, 0.2) is 17.2 Å². The largest absolute Gasteiger partial charge is 0.504 e. The number of nitrogens with one attached hydrogen (secondary N) is 1. The molecule has 0 radical (unpaired) electrons. The molecule has 20 heavy (non-hydrogen) atoms. The molecule has 0 saturated carbocycles. The number of hydrogen-bond donors (Lipinski definition) is 2. The van der Waals surface area contributed by atoms with Crippen LogP contribution in [0.15, 0.2) is 36.7 Å². The van der Waals surface area contributed by atoms with E-state index in [0.29, 0.717) is 17.5 Å². The van der Waals surface area contributed by atoms with Crippen molar-refractivity contribution >= 4 is 0 Å². The number of benzene rings is 1. The SMILES string of the molecule is Oc1ccccc1Oc1cnc(CC2CCCN2)nc1. The maximum atomic E-state index is 9.64. The monoisotopic (exact) mass is 271 g/mol. The molecule has 2 N–H and O–H groups in total. The van der Waals surface area contributed by atoms with Gasteiger partial charge < -0.3 is 15.2 Å². The molecular weight excluding hydrogens is 254 g/mol. The standard InChI is InChI=1S/C15H17N3O2/c19-13-5-1-2-6-14(13)20-12-9-17-15(18-10-12)8-11-4-3-7-16-11/h1-2,5-6,9-11,16,19H,3-4,7-8H2. The molecular formula is C15H17N3O2. The normalized spacial score (nSPS) is 18.1. The fraction of sp³-hybridized carbons (Fsp3) is 0.333. The molecule has 1 saturated heterocycles. The minimum atomic E-state index is 0.103. The van der Waals surface area contributed by atoms with E-state index in [0.717, 1.165) is 18.8 Å². The van der Waals surface area contributed by atoms with Crippen LogP contribution < -0.4 is 10.1 Å². The first-order valence-electron chi connectivity index (χ1n) is 6.81. The number of aromatic hydroxyl groups is 1. The summed E-state index contributed by atoms with van der Waals surface area (Å²) < 4.78 is 5.54. The Balaban J connectivity index is 1.65. The Kier molecular flexibility index (Phi) is 3.78. The highest BCUT2D eigenvalue weighted by Gasteiger charge is 2.15. The van der Waals surface area contributed by atoms with Crippen LogP contribution in [0, 0.1) is 0 Å². The summed E-state index contributed by atoms with van der Waals surface area (Å²) in [6, 6.07) is 7.31. The van der Waals surface area contributed by atoms with E-state index in [-0.39, 0.29) is 5.75 Å². The van der Waals surface area contributed by atoms with E-state index in [1.165, 1.54) is 12.8 Å². The Morgan fingerprint density at radius 3 is 2.75 bits per heavy atom. The summed E-state index contributed by atoms with van der Waals surface area (Å²) in [7, 11) is 0. The van der Waals surface area contributed by atoms with Crippen LogP contribution in [0.1, 0.15) is 18.7 Å². The molecule has 1 aromatic heterocycles. The van der Waals surface area contributed by atoms with Crippen molar-refractivity contribution in [3.05, 3.63) is 42.5 Å². The Bertz CT molecular complexity index is 566. The fourth-order valence-corrected chi connectivity index (χ4v) is 2.32. The number of ether oxygens (including phenoxy) is 1. The van der Waals surface area contributed by atoms with Gasteiger partial charge in [-0.1, -0.05) is 12.1 Å². The predicted molar refractivity (Wildman–Crippen MR) is 74.9 cm³/mol. The third-order valence-corrected chi connectivity index (χ3v) is 3.37. The predicted octanol–water partition coefficient (Wildman–Crippen LogP) is 2.27. The van der Waals surface area contributed by atoms with Crippen LogP contribution in [0.4, 0.5) is 0 Å². The van der Waals surface area contributed by atoms with Crippen LogP contribution in [0.2, 0.25) is 0 Å². The first-order chi connectivity index (χ1) is 9.81. The second-order valence-electron chi connectivity index (χ2n) is 4.90. The maximum Gasteiger partial charge on any atom is 0.169 e. The molecule has 1 unspecified atom stereocenters. The summed E-state index contributed by atoms with van der Waals surface area (Å²) in [5.74, 6) is 1.84. The molecule has 0 amide bonds. The maximum absolute atomic E-state index is 9.64. The van der Waals surface area contributed by atoms with Crippen molar-refractivity contribution in [3.8, 4) is 17.2 Å². The molecule has 104 valence electrons. The van der Waals surface area contributed by atoms with Gasteiger partial charge in [0.1, 0.15) is 5.82 Å². The summed E-state index contributed by atoms with van der Waals surface area (Å²) in [6.07, 6.45) is 6.53. The Labute approximate surface area is 117 Å². The number of para-hydroxylation sites is 2. The zero-order valence-electron chi connectivity index (χ0n) is 11.1. The van der Waals surface area contributed by atoms with Gasteiger partial charge in [0, 0.05) is 12.5 Å². The number of nitrogens with zero attached hydrogens (tertiary/aromatic N) is 2. The fourth-order valence-electron chi connectivity index (χ4n) is 2.32. The lowest BCUT2D eigenvalue weighted by atomic mass is 10.1. The lowest BCUT2D eigenvalue weighted by Gasteiger charge is -2.09.